The number of rotatable bonds is 1. The lowest BCUT2D eigenvalue weighted by molar-refractivity contribution is 0.318. The first-order valence-corrected chi connectivity index (χ1v) is 5.17. The second kappa shape index (κ2) is 4.02. The topological polar surface area (TPSA) is 58.6 Å². The van der Waals surface area contributed by atoms with Crippen molar-refractivity contribution in [2.75, 3.05) is 0 Å². The minimum Gasteiger partial charge on any atom is -0.409 e. The van der Waals surface area contributed by atoms with E-state index < -0.39 is 0 Å². The smallest absolute Gasteiger partial charge is 0.170 e. The molecule has 2 rings (SSSR count). The molecule has 0 aliphatic heterocycles. The number of benzene rings is 2. The number of nitrogens with zero attached hydrogens (tertiary/aromatic N) is 1. The zero-order chi connectivity index (χ0) is 11.7. The molecule has 0 fully saturated rings. The number of fused-ring (bicyclic) bond motifs is 1. The van der Waals surface area contributed by atoms with Gasteiger partial charge in [-0.3, -0.25) is 0 Å². The average molecular weight is 235 g/mol. The number of hydrogen-bond acceptors (Lipinski definition) is 2. The second-order valence-electron chi connectivity index (χ2n) is 3.64. The predicted molar refractivity (Wildman–Crippen MR) is 66.2 cm³/mol. The summed E-state index contributed by atoms with van der Waals surface area (Å²) in [5, 5.41) is 14.4. The van der Waals surface area contributed by atoms with Crippen molar-refractivity contribution in [2.24, 2.45) is 10.9 Å². The summed E-state index contributed by atoms with van der Waals surface area (Å²) in [4.78, 5) is 0. The van der Waals surface area contributed by atoms with Gasteiger partial charge in [-0.1, -0.05) is 28.9 Å². The summed E-state index contributed by atoms with van der Waals surface area (Å²) in [5.74, 6) is 0.111. The Morgan fingerprint density at radius 2 is 2.00 bits per heavy atom. The van der Waals surface area contributed by atoms with Crippen LogP contribution in [0, 0.1) is 6.92 Å². The molecule has 3 N–H and O–H groups in total. The maximum Gasteiger partial charge on any atom is 0.170 e. The minimum absolute atomic E-state index is 0.111. The van der Waals surface area contributed by atoms with Crippen LogP contribution in [-0.4, -0.2) is 11.0 Å². The van der Waals surface area contributed by atoms with Crippen LogP contribution in [0.3, 0.4) is 0 Å². The Kier molecular flexibility index (Phi) is 2.71. The highest BCUT2D eigenvalue weighted by molar-refractivity contribution is 6.31. The normalized spacial score (nSPS) is 12.0. The average Bonchev–Trinajstić information content (AvgIpc) is 2.28. The van der Waals surface area contributed by atoms with Gasteiger partial charge in [0, 0.05) is 10.6 Å². The van der Waals surface area contributed by atoms with Gasteiger partial charge in [0.15, 0.2) is 5.84 Å². The molecule has 4 heteroatoms. The van der Waals surface area contributed by atoms with Crippen molar-refractivity contribution in [3.8, 4) is 0 Å². The highest BCUT2D eigenvalue weighted by Crippen LogP contribution is 2.23. The van der Waals surface area contributed by atoms with Crippen molar-refractivity contribution in [1.82, 2.24) is 0 Å². The van der Waals surface area contributed by atoms with Crippen LogP contribution in [0.4, 0.5) is 0 Å². The molecule has 0 saturated carbocycles. The predicted octanol–water partition coefficient (Wildman–Crippen LogP) is 2.90. The quantitative estimate of drug-likeness (QED) is 0.345. The van der Waals surface area contributed by atoms with Crippen LogP contribution in [0.25, 0.3) is 10.8 Å². The number of oxime groups is 1. The first-order valence-electron chi connectivity index (χ1n) is 4.79. The highest BCUT2D eigenvalue weighted by Gasteiger charge is 2.06. The van der Waals surface area contributed by atoms with Crippen molar-refractivity contribution < 1.29 is 5.21 Å². The van der Waals surface area contributed by atoms with Crippen molar-refractivity contribution in [3.05, 3.63) is 46.5 Å². The third kappa shape index (κ3) is 1.82. The maximum atomic E-state index is 8.68. The molecule has 2 aromatic rings. The molecule has 0 aliphatic carbocycles. The Labute approximate surface area is 98.1 Å². The van der Waals surface area contributed by atoms with Crippen LogP contribution in [0.15, 0.2) is 35.5 Å². The highest BCUT2D eigenvalue weighted by atomic mass is 35.5. The van der Waals surface area contributed by atoms with E-state index >= 15 is 0 Å². The molecule has 0 heterocycles. The van der Waals surface area contributed by atoms with Gasteiger partial charge in [0.2, 0.25) is 0 Å². The summed E-state index contributed by atoms with van der Waals surface area (Å²) in [5.41, 5.74) is 7.27. The molecule has 0 unspecified atom stereocenters. The molecule has 0 radical (unpaired) electrons. The first-order chi connectivity index (χ1) is 7.61. The lowest BCUT2D eigenvalue weighted by Gasteiger charge is -2.06. The molecule has 0 spiro atoms. The van der Waals surface area contributed by atoms with E-state index in [4.69, 9.17) is 22.5 Å². The van der Waals surface area contributed by atoms with E-state index in [1.165, 1.54) is 0 Å². The van der Waals surface area contributed by atoms with Gasteiger partial charge in [0.1, 0.15) is 0 Å². The largest absolute Gasteiger partial charge is 0.409 e. The fourth-order valence-corrected chi connectivity index (χ4v) is 1.89. The van der Waals surface area contributed by atoms with E-state index in [2.05, 4.69) is 5.16 Å². The Balaban J connectivity index is 2.73. The molecule has 82 valence electrons. The molecule has 0 amide bonds. The van der Waals surface area contributed by atoms with Crippen molar-refractivity contribution in [1.29, 1.82) is 0 Å². The lowest BCUT2D eigenvalue weighted by atomic mass is 10.0. The summed E-state index contributed by atoms with van der Waals surface area (Å²) >= 11 is 5.91. The first kappa shape index (κ1) is 10.8. The van der Waals surface area contributed by atoms with Gasteiger partial charge in [0.05, 0.1) is 0 Å². The Hall–Kier alpha value is -1.74. The third-order valence-electron chi connectivity index (χ3n) is 2.53. The van der Waals surface area contributed by atoms with Gasteiger partial charge < -0.3 is 10.9 Å². The summed E-state index contributed by atoms with van der Waals surface area (Å²) in [6.45, 7) is 1.92. The Bertz CT molecular complexity index is 578. The monoisotopic (exact) mass is 234 g/mol. The van der Waals surface area contributed by atoms with Crippen LogP contribution in [-0.2, 0) is 0 Å². The molecule has 0 aliphatic rings. The van der Waals surface area contributed by atoms with Crippen LogP contribution in [0.1, 0.15) is 11.1 Å². The number of halogens is 1. The standard InChI is InChI=1S/C12H11ClN2O/c1-7-4-8-2-3-10(13)5-9(8)6-11(7)12(14)15-16/h2-6,16H,1H3,(H2,14,15). The summed E-state index contributed by atoms with van der Waals surface area (Å²) < 4.78 is 0. The van der Waals surface area contributed by atoms with Gasteiger partial charge in [-0.15, -0.1) is 0 Å². The zero-order valence-electron chi connectivity index (χ0n) is 8.74. The summed E-state index contributed by atoms with van der Waals surface area (Å²) in [6, 6.07) is 9.49. The van der Waals surface area contributed by atoms with E-state index in [0.29, 0.717) is 5.02 Å². The van der Waals surface area contributed by atoms with Crippen molar-refractivity contribution in [3.63, 3.8) is 0 Å². The molecule has 0 saturated heterocycles. The zero-order valence-corrected chi connectivity index (χ0v) is 9.49. The third-order valence-corrected chi connectivity index (χ3v) is 2.76. The molecule has 3 nitrogen and oxygen atoms in total. The molecule has 0 aromatic heterocycles. The van der Waals surface area contributed by atoms with E-state index in [-0.39, 0.29) is 5.84 Å². The summed E-state index contributed by atoms with van der Waals surface area (Å²) in [7, 11) is 0. The molecule has 0 atom stereocenters. The maximum absolute atomic E-state index is 8.68. The number of amidine groups is 1. The molecular formula is C12H11ClN2O. The van der Waals surface area contributed by atoms with Gasteiger partial charge in [0.25, 0.3) is 0 Å². The van der Waals surface area contributed by atoms with E-state index in [9.17, 15) is 0 Å². The number of hydrogen-bond donors (Lipinski definition) is 2. The number of aryl methyl sites for hydroxylation is 1. The van der Waals surface area contributed by atoms with Crippen LogP contribution < -0.4 is 5.73 Å². The van der Waals surface area contributed by atoms with Crippen LogP contribution in [0.5, 0.6) is 0 Å². The van der Waals surface area contributed by atoms with Crippen molar-refractivity contribution in [2.45, 2.75) is 6.92 Å². The van der Waals surface area contributed by atoms with E-state index in [1.807, 2.05) is 37.3 Å². The minimum atomic E-state index is 0.111. The van der Waals surface area contributed by atoms with Crippen molar-refractivity contribution >= 4 is 28.2 Å². The van der Waals surface area contributed by atoms with E-state index in [0.717, 1.165) is 21.9 Å². The van der Waals surface area contributed by atoms with Gasteiger partial charge in [-0.25, -0.2) is 0 Å². The SMILES string of the molecule is Cc1cc2ccc(Cl)cc2cc1/C(N)=N/O. The van der Waals surface area contributed by atoms with E-state index in [1.54, 1.807) is 0 Å². The second-order valence-corrected chi connectivity index (χ2v) is 4.08. The lowest BCUT2D eigenvalue weighted by Crippen LogP contribution is -2.14. The van der Waals surface area contributed by atoms with Crippen LogP contribution in [0.2, 0.25) is 5.02 Å². The van der Waals surface area contributed by atoms with Crippen LogP contribution >= 0.6 is 11.6 Å². The number of nitrogens with two attached hydrogens (primary N) is 1. The fraction of sp³-hybridized carbons (Fsp3) is 0.0833. The van der Waals surface area contributed by atoms with Gasteiger partial charge in [-0.05, 0) is 41.5 Å². The molecule has 2 aromatic carbocycles. The van der Waals surface area contributed by atoms with Gasteiger partial charge in [-0.2, -0.15) is 0 Å². The fourth-order valence-electron chi connectivity index (χ4n) is 1.71. The Morgan fingerprint density at radius 3 is 2.69 bits per heavy atom. The molecule has 16 heavy (non-hydrogen) atoms. The molecule has 0 bridgehead atoms. The summed E-state index contributed by atoms with van der Waals surface area (Å²) in [6.07, 6.45) is 0. The van der Waals surface area contributed by atoms with Gasteiger partial charge >= 0.3 is 0 Å². The molecular weight excluding hydrogens is 224 g/mol. The Morgan fingerprint density at radius 1 is 1.25 bits per heavy atom.